The molecule has 1 aliphatic rings. The van der Waals surface area contributed by atoms with Gasteiger partial charge in [0.2, 0.25) is 0 Å². The summed E-state index contributed by atoms with van der Waals surface area (Å²) in [5.74, 6) is -0.128. The number of alkyl halides is 3. The predicted octanol–water partition coefficient (Wildman–Crippen LogP) is 3.26. The van der Waals surface area contributed by atoms with E-state index in [1.165, 1.54) is 0 Å². The van der Waals surface area contributed by atoms with E-state index in [0.29, 0.717) is 37.0 Å². The van der Waals surface area contributed by atoms with Crippen LogP contribution >= 0.6 is 0 Å². The van der Waals surface area contributed by atoms with Crippen molar-refractivity contribution < 1.29 is 18.3 Å². The zero-order chi connectivity index (χ0) is 15.6. The zero-order valence-corrected chi connectivity index (χ0v) is 12.4. The fraction of sp³-hybridized carbons (Fsp3) is 0.857. The molecule has 1 aliphatic carbocycles. The van der Waals surface area contributed by atoms with Crippen molar-refractivity contribution in [1.82, 2.24) is 14.8 Å². The third kappa shape index (κ3) is 3.75. The van der Waals surface area contributed by atoms with E-state index in [4.69, 9.17) is 0 Å². The molecule has 120 valence electrons. The number of nitrogens with zero attached hydrogens (tertiary/aromatic N) is 3. The van der Waals surface area contributed by atoms with Gasteiger partial charge >= 0.3 is 6.18 Å². The molecule has 0 amide bonds. The van der Waals surface area contributed by atoms with E-state index >= 15 is 0 Å². The van der Waals surface area contributed by atoms with Gasteiger partial charge in [-0.1, -0.05) is 20.3 Å². The van der Waals surface area contributed by atoms with E-state index in [0.717, 1.165) is 0 Å². The molecule has 2 atom stereocenters. The summed E-state index contributed by atoms with van der Waals surface area (Å²) in [5, 5.41) is 17.3. The van der Waals surface area contributed by atoms with E-state index in [1.807, 2.05) is 13.8 Å². The first-order chi connectivity index (χ1) is 9.82. The van der Waals surface area contributed by atoms with Crippen LogP contribution in [0.25, 0.3) is 0 Å². The molecular formula is C14H22F3N3O. The first-order valence-corrected chi connectivity index (χ1v) is 7.42. The molecule has 1 heterocycles. The molecule has 0 spiro atoms. The predicted molar refractivity (Wildman–Crippen MR) is 71.5 cm³/mol. The number of aliphatic hydroxyl groups is 1. The monoisotopic (exact) mass is 305 g/mol. The molecule has 0 radical (unpaired) electrons. The molecule has 0 aliphatic heterocycles. The van der Waals surface area contributed by atoms with Crippen LogP contribution in [0, 0.1) is 11.8 Å². The van der Waals surface area contributed by atoms with Crippen molar-refractivity contribution in [1.29, 1.82) is 0 Å². The second-order valence-corrected chi connectivity index (χ2v) is 6.24. The van der Waals surface area contributed by atoms with Gasteiger partial charge in [-0.25, -0.2) is 0 Å². The summed E-state index contributed by atoms with van der Waals surface area (Å²) in [5.41, 5.74) is 0. The number of rotatable bonds is 4. The SMILES string of the molecule is CC(C)Cn1c(CO)nnc1C1CCCC(C(F)(F)F)C1. The Kier molecular flexibility index (Phi) is 4.91. The molecule has 1 fully saturated rings. The Morgan fingerprint density at radius 1 is 1.29 bits per heavy atom. The van der Waals surface area contributed by atoms with Crippen LogP contribution in [0.1, 0.15) is 57.1 Å². The second-order valence-electron chi connectivity index (χ2n) is 6.24. The second kappa shape index (κ2) is 6.34. The molecule has 1 aromatic rings. The summed E-state index contributed by atoms with van der Waals surface area (Å²) in [6, 6.07) is 0. The maximum atomic E-state index is 12.9. The summed E-state index contributed by atoms with van der Waals surface area (Å²) in [6.45, 7) is 4.41. The van der Waals surface area contributed by atoms with Crippen LogP contribution in [0.3, 0.4) is 0 Å². The van der Waals surface area contributed by atoms with Crippen LogP contribution in [0.4, 0.5) is 13.2 Å². The van der Waals surface area contributed by atoms with E-state index < -0.39 is 12.1 Å². The molecule has 2 rings (SSSR count). The van der Waals surface area contributed by atoms with Gasteiger partial charge in [0.1, 0.15) is 12.4 Å². The standard InChI is InChI=1S/C14H22F3N3O/c1-9(2)7-20-12(8-21)18-19-13(20)10-4-3-5-11(6-10)14(15,16)17/h9-11,21H,3-8H2,1-2H3. The van der Waals surface area contributed by atoms with Gasteiger partial charge in [0.15, 0.2) is 5.82 Å². The topological polar surface area (TPSA) is 50.9 Å². The van der Waals surface area contributed by atoms with Gasteiger partial charge in [0.05, 0.1) is 5.92 Å². The number of aliphatic hydroxyl groups excluding tert-OH is 1. The lowest BCUT2D eigenvalue weighted by atomic mass is 9.80. The summed E-state index contributed by atoms with van der Waals surface area (Å²) in [4.78, 5) is 0. The minimum atomic E-state index is -4.14. The highest BCUT2D eigenvalue weighted by atomic mass is 19.4. The number of halogens is 3. The van der Waals surface area contributed by atoms with Gasteiger partial charge in [0.25, 0.3) is 0 Å². The fourth-order valence-corrected chi connectivity index (χ4v) is 3.05. The van der Waals surface area contributed by atoms with Gasteiger partial charge < -0.3 is 9.67 Å². The Labute approximate surface area is 122 Å². The quantitative estimate of drug-likeness (QED) is 0.929. The van der Waals surface area contributed by atoms with Crippen molar-refractivity contribution in [2.75, 3.05) is 0 Å². The van der Waals surface area contributed by atoms with Crippen molar-refractivity contribution in [3.8, 4) is 0 Å². The number of aromatic nitrogens is 3. The first kappa shape index (κ1) is 16.3. The van der Waals surface area contributed by atoms with Crippen molar-refractivity contribution in [2.24, 2.45) is 11.8 Å². The Balaban J connectivity index is 2.22. The van der Waals surface area contributed by atoms with Crippen LogP contribution in [0.5, 0.6) is 0 Å². The highest BCUT2D eigenvalue weighted by Crippen LogP contribution is 2.43. The maximum absolute atomic E-state index is 12.9. The Morgan fingerprint density at radius 2 is 2.00 bits per heavy atom. The number of hydrogen-bond donors (Lipinski definition) is 1. The zero-order valence-electron chi connectivity index (χ0n) is 12.4. The van der Waals surface area contributed by atoms with E-state index in [-0.39, 0.29) is 25.4 Å². The van der Waals surface area contributed by atoms with Crippen molar-refractivity contribution >= 4 is 0 Å². The molecule has 2 unspecified atom stereocenters. The van der Waals surface area contributed by atoms with E-state index in [9.17, 15) is 18.3 Å². The lowest BCUT2D eigenvalue weighted by molar-refractivity contribution is -0.183. The lowest BCUT2D eigenvalue weighted by Gasteiger charge is -2.30. The number of hydrogen-bond acceptors (Lipinski definition) is 3. The first-order valence-electron chi connectivity index (χ1n) is 7.42. The summed E-state index contributed by atoms with van der Waals surface area (Å²) in [6.07, 6.45) is -2.61. The molecule has 0 aromatic carbocycles. The molecule has 4 nitrogen and oxygen atoms in total. The normalized spacial score (nSPS) is 23.8. The van der Waals surface area contributed by atoms with Crippen LogP contribution < -0.4 is 0 Å². The van der Waals surface area contributed by atoms with E-state index in [1.54, 1.807) is 4.57 Å². The van der Waals surface area contributed by atoms with Gasteiger partial charge in [-0.05, 0) is 25.2 Å². The lowest BCUT2D eigenvalue weighted by Crippen LogP contribution is -2.29. The molecule has 0 bridgehead atoms. The third-order valence-corrected chi connectivity index (χ3v) is 4.05. The molecule has 1 aromatic heterocycles. The van der Waals surface area contributed by atoms with Crippen molar-refractivity contribution in [3.63, 3.8) is 0 Å². The summed E-state index contributed by atoms with van der Waals surface area (Å²) < 4.78 is 40.6. The highest BCUT2D eigenvalue weighted by molar-refractivity contribution is 5.04. The Bertz CT molecular complexity index is 471. The van der Waals surface area contributed by atoms with E-state index in [2.05, 4.69) is 10.2 Å². The summed E-state index contributed by atoms with van der Waals surface area (Å²) in [7, 11) is 0. The average molecular weight is 305 g/mol. The molecule has 21 heavy (non-hydrogen) atoms. The largest absolute Gasteiger partial charge is 0.391 e. The summed E-state index contributed by atoms with van der Waals surface area (Å²) >= 11 is 0. The highest BCUT2D eigenvalue weighted by Gasteiger charge is 2.43. The fourth-order valence-electron chi connectivity index (χ4n) is 3.05. The minimum Gasteiger partial charge on any atom is -0.388 e. The van der Waals surface area contributed by atoms with Crippen LogP contribution in [-0.2, 0) is 13.2 Å². The third-order valence-electron chi connectivity index (χ3n) is 4.05. The molecule has 0 saturated heterocycles. The maximum Gasteiger partial charge on any atom is 0.391 e. The molecule has 7 heteroatoms. The molecular weight excluding hydrogens is 283 g/mol. The molecule has 1 saturated carbocycles. The smallest absolute Gasteiger partial charge is 0.388 e. The van der Waals surface area contributed by atoms with Crippen molar-refractivity contribution in [2.45, 2.75) is 64.8 Å². The molecule has 1 N–H and O–H groups in total. The van der Waals surface area contributed by atoms with Gasteiger partial charge in [-0.2, -0.15) is 13.2 Å². The van der Waals surface area contributed by atoms with Gasteiger partial charge in [0, 0.05) is 12.5 Å². The Morgan fingerprint density at radius 3 is 2.57 bits per heavy atom. The van der Waals surface area contributed by atoms with Crippen LogP contribution in [-0.4, -0.2) is 26.0 Å². The Hall–Kier alpha value is -1.11. The minimum absolute atomic E-state index is 0.0746. The van der Waals surface area contributed by atoms with Crippen LogP contribution in [0.2, 0.25) is 0 Å². The van der Waals surface area contributed by atoms with Gasteiger partial charge in [-0.15, -0.1) is 10.2 Å². The van der Waals surface area contributed by atoms with Crippen LogP contribution in [0.15, 0.2) is 0 Å². The average Bonchev–Trinajstić information content (AvgIpc) is 2.80. The van der Waals surface area contributed by atoms with Gasteiger partial charge in [-0.3, -0.25) is 0 Å². The van der Waals surface area contributed by atoms with Crippen molar-refractivity contribution in [3.05, 3.63) is 11.6 Å².